The molecular formula is C14H17NO. The third kappa shape index (κ3) is 2.39. The highest BCUT2D eigenvalue weighted by Gasteiger charge is 2.02. The third-order valence-corrected chi connectivity index (χ3v) is 2.78. The Kier molecular flexibility index (Phi) is 3.52. The van der Waals surface area contributed by atoms with Crippen LogP contribution in [-0.4, -0.2) is 16.7 Å². The van der Waals surface area contributed by atoms with Crippen molar-refractivity contribution < 1.29 is 5.11 Å². The molecule has 2 aromatic rings. The third-order valence-electron chi connectivity index (χ3n) is 2.78. The summed E-state index contributed by atoms with van der Waals surface area (Å²) < 4.78 is 0. The number of aliphatic hydroxyl groups is 1. The lowest BCUT2D eigenvalue weighted by molar-refractivity contribution is 0.284. The van der Waals surface area contributed by atoms with Crippen molar-refractivity contribution in [2.75, 3.05) is 6.61 Å². The lowest BCUT2D eigenvalue weighted by Crippen LogP contribution is -1.93. The number of fused-ring (bicyclic) bond motifs is 1. The minimum absolute atomic E-state index is 0.280. The first kappa shape index (κ1) is 11.1. The fourth-order valence-corrected chi connectivity index (χ4v) is 2.03. The maximum absolute atomic E-state index is 8.80. The van der Waals surface area contributed by atoms with E-state index in [4.69, 9.17) is 5.11 Å². The van der Waals surface area contributed by atoms with Crippen LogP contribution in [0.4, 0.5) is 0 Å². The van der Waals surface area contributed by atoms with Gasteiger partial charge in [-0.25, -0.2) is 0 Å². The van der Waals surface area contributed by atoms with Crippen LogP contribution in [0.2, 0.25) is 0 Å². The van der Waals surface area contributed by atoms with Crippen LogP contribution < -0.4 is 0 Å². The Labute approximate surface area is 96.0 Å². The average molecular weight is 215 g/mol. The summed E-state index contributed by atoms with van der Waals surface area (Å²) in [5, 5.41) is 10.0. The summed E-state index contributed by atoms with van der Waals surface area (Å²) in [6.45, 7) is 2.31. The summed E-state index contributed by atoms with van der Waals surface area (Å²) in [5.41, 5.74) is 3.48. The molecule has 0 radical (unpaired) electrons. The average Bonchev–Trinajstić information content (AvgIpc) is 2.29. The number of pyridine rings is 1. The molecule has 0 unspecified atom stereocenters. The molecule has 1 aromatic heterocycles. The predicted octanol–water partition coefficient (Wildman–Crippen LogP) is 2.86. The van der Waals surface area contributed by atoms with Crippen LogP contribution in [0.15, 0.2) is 30.3 Å². The molecule has 0 atom stereocenters. The van der Waals surface area contributed by atoms with E-state index < -0.39 is 0 Å². The molecule has 0 fully saturated rings. The lowest BCUT2D eigenvalue weighted by atomic mass is 10.0. The molecule has 2 nitrogen and oxygen atoms in total. The summed E-state index contributed by atoms with van der Waals surface area (Å²) >= 11 is 0. The molecule has 0 bridgehead atoms. The monoisotopic (exact) mass is 215 g/mol. The summed E-state index contributed by atoms with van der Waals surface area (Å²) in [7, 11) is 0. The molecule has 84 valence electrons. The zero-order valence-corrected chi connectivity index (χ0v) is 9.61. The molecule has 1 N–H and O–H groups in total. The van der Waals surface area contributed by atoms with Crippen LogP contribution >= 0.6 is 0 Å². The number of unbranched alkanes of at least 4 members (excludes halogenated alkanes) is 1. The van der Waals surface area contributed by atoms with Gasteiger partial charge >= 0.3 is 0 Å². The summed E-state index contributed by atoms with van der Waals surface area (Å²) in [5.74, 6) is 0. The number of benzene rings is 1. The molecule has 0 aliphatic heterocycles. The van der Waals surface area contributed by atoms with Gasteiger partial charge in [0.15, 0.2) is 0 Å². The van der Waals surface area contributed by atoms with Gasteiger partial charge in [-0.1, -0.05) is 18.2 Å². The van der Waals surface area contributed by atoms with E-state index in [9.17, 15) is 0 Å². The van der Waals surface area contributed by atoms with Crippen LogP contribution in [0.3, 0.4) is 0 Å². The number of hydrogen-bond acceptors (Lipinski definition) is 2. The number of rotatable bonds is 4. The number of hydrogen-bond donors (Lipinski definition) is 1. The van der Waals surface area contributed by atoms with Crippen LogP contribution in [0.5, 0.6) is 0 Å². The van der Waals surface area contributed by atoms with Gasteiger partial charge in [0.05, 0.1) is 5.52 Å². The van der Waals surface area contributed by atoms with Gasteiger partial charge in [-0.15, -0.1) is 0 Å². The summed E-state index contributed by atoms with van der Waals surface area (Å²) in [4.78, 5) is 4.52. The normalized spacial score (nSPS) is 10.9. The Hall–Kier alpha value is -1.41. The van der Waals surface area contributed by atoms with Crippen molar-refractivity contribution in [2.45, 2.75) is 26.2 Å². The van der Waals surface area contributed by atoms with Gasteiger partial charge in [-0.2, -0.15) is 0 Å². The first-order valence-corrected chi connectivity index (χ1v) is 5.77. The van der Waals surface area contributed by atoms with E-state index >= 15 is 0 Å². The van der Waals surface area contributed by atoms with Gasteiger partial charge in [0.2, 0.25) is 0 Å². The van der Waals surface area contributed by atoms with Gasteiger partial charge < -0.3 is 5.11 Å². The van der Waals surface area contributed by atoms with Crippen LogP contribution in [0.25, 0.3) is 10.9 Å². The Morgan fingerprint density at radius 3 is 2.81 bits per heavy atom. The molecule has 1 heterocycles. The molecule has 0 aliphatic rings. The Morgan fingerprint density at radius 2 is 2.00 bits per heavy atom. The quantitative estimate of drug-likeness (QED) is 0.795. The number of nitrogens with zero attached hydrogens (tertiary/aromatic N) is 1. The topological polar surface area (TPSA) is 33.1 Å². The van der Waals surface area contributed by atoms with Gasteiger partial charge in [0, 0.05) is 17.7 Å². The number of aromatic nitrogens is 1. The van der Waals surface area contributed by atoms with Crippen molar-refractivity contribution in [3.8, 4) is 0 Å². The Morgan fingerprint density at radius 1 is 1.19 bits per heavy atom. The molecule has 0 saturated carbocycles. The molecule has 1 aromatic carbocycles. The SMILES string of the molecule is Cc1cc(CCCCO)c2ccccc2n1. The fourth-order valence-electron chi connectivity index (χ4n) is 2.03. The number of aryl methyl sites for hydroxylation is 2. The summed E-state index contributed by atoms with van der Waals surface area (Å²) in [6.07, 6.45) is 2.92. The van der Waals surface area contributed by atoms with E-state index in [1.807, 2.05) is 13.0 Å². The molecular weight excluding hydrogens is 198 g/mol. The largest absolute Gasteiger partial charge is 0.396 e. The molecule has 0 aliphatic carbocycles. The van der Waals surface area contributed by atoms with Gasteiger partial charge in [0.1, 0.15) is 0 Å². The van der Waals surface area contributed by atoms with Crippen molar-refractivity contribution >= 4 is 10.9 Å². The Bertz CT molecular complexity index is 479. The highest BCUT2D eigenvalue weighted by molar-refractivity contribution is 5.82. The second-order valence-corrected chi connectivity index (χ2v) is 4.12. The van der Waals surface area contributed by atoms with Gasteiger partial charge in [-0.3, -0.25) is 4.98 Å². The van der Waals surface area contributed by atoms with E-state index in [1.54, 1.807) is 0 Å². The van der Waals surface area contributed by atoms with Gasteiger partial charge in [0.25, 0.3) is 0 Å². The van der Waals surface area contributed by atoms with Gasteiger partial charge in [-0.05, 0) is 43.9 Å². The molecule has 0 saturated heterocycles. The van der Waals surface area contributed by atoms with Crippen molar-refractivity contribution in [2.24, 2.45) is 0 Å². The molecule has 0 spiro atoms. The molecule has 16 heavy (non-hydrogen) atoms. The zero-order valence-electron chi connectivity index (χ0n) is 9.61. The van der Waals surface area contributed by atoms with Crippen LogP contribution in [0.1, 0.15) is 24.1 Å². The predicted molar refractivity (Wildman–Crippen MR) is 66.5 cm³/mol. The van der Waals surface area contributed by atoms with E-state index in [1.165, 1.54) is 10.9 Å². The van der Waals surface area contributed by atoms with Crippen molar-refractivity contribution in [3.05, 3.63) is 41.6 Å². The van der Waals surface area contributed by atoms with Crippen LogP contribution in [-0.2, 0) is 6.42 Å². The second kappa shape index (κ2) is 5.08. The highest BCUT2D eigenvalue weighted by atomic mass is 16.2. The maximum atomic E-state index is 8.80. The van der Waals surface area contributed by atoms with Crippen molar-refractivity contribution in [1.29, 1.82) is 0 Å². The first-order valence-electron chi connectivity index (χ1n) is 5.77. The zero-order chi connectivity index (χ0) is 11.4. The molecule has 0 amide bonds. The summed E-state index contributed by atoms with van der Waals surface area (Å²) in [6, 6.07) is 10.4. The molecule has 2 heteroatoms. The van der Waals surface area contributed by atoms with E-state index in [-0.39, 0.29) is 6.61 Å². The Balaban J connectivity index is 2.34. The molecule has 2 rings (SSSR count). The highest BCUT2D eigenvalue weighted by Crippen LogP contribution is 2.19. The fraction of sp³-hybridized carbons (Fsp3) is 0.357. The second-order valence-electron chi connectivity index (χ2n) is 4.12. The minimum atomic E-state index is 0.280. The minimum Gasteiger partial charge on any atom is -0.396 e. The number of para-hydroxylation sites is 1. The first-order chi connectivity index (χ1) is 7.81. The lowest BCUT2D eigenvalue weighted by Gasteiger charge is -2.07. The van der Waals surface area contributed by atoms with Crippen molar-refractivity contribution in [3.63, 3.8) is 0 Å². The maximum Gasteiger partial charge on any atom is 0.0707 e. The number of aliphatic hydroxyl groups excluding tert-OH is 1. The smallest absolute Gasteiger partial charge is 0.0707 e. The van der Waals surface area contributed by atoms with E-state index in [0.29, 0.717) is 0 Å². The standard InChI is InChI=1S/C14H17NO/c1-11-10-12(6-4-5-9-16)13-7-2-3-8-14(13)15-11/h2-3,7-8,10,16H,4-6,9H2,1H3. The van der Waals surface area contributed by atoms with Crippen LogP contribution in [0, 0.1) is 6.92 Å². The van der Waals surface area contributed by atoms with E-state index in [2.05, 4.69) is 29.2 Å². The van der Waals surface area contributed by atoms with Crippen molar-refractivity contribution in [1.82, 2.24) is 4.98 Å². The van der Waals surface area contributed by atoms with E-state index in [0.717, 1.165) is 30.5 Å².